The maximum atomic E-state index is 14.5. The molecule has 2 heterocycles. The van der Waals surface area contributed by atoms with Crippen molar-refractivity contribution in [2.24, 2.45) is 0 Å². The molecule has 0 aromatic heterocycles. The number of halogens is 2. The smallest absolute Gasteiger partial charge is 0.254 e. The van der Waals surface area contributed by atoms with Crippen molar-refractivity contribution < 1.29 is 9.18 Å². The van der Waals surface area contributed by atoms with Crippen LogP contribution in [-0.2, 0) is 0 Å². The summed E-state index contributed by atoms with van der Waals surface area (Å²) in [6, 6.07) is 5.34. The zero-order chi connectivity index (χ0) is 15.5. The third-order valence-corrected chi connectivity index (χ3v) is 5.09. The molecule has 5 heteroatoms. The SMILES string of the molecule is CC1CCCCN1C(=O)c1ccc(C2CCNCC2)c(F)c1.Cl. The highest BCUT2D eigenvalue weighted by molar-refractivity contribution is 5.94. The molecule has 1 amide bonds. The lowest BCUT2D eigenvalue weighted by Gasteiger charge is -2.33. The van der Waals surface area contributed by atoms with E-state index in [0.29, 0.717) is 5.56 Å². The Labute approximate surface area is 144 Å². The molecule has 2 aliphatic rings. The van der Waals surface area contributed by atoms with Crippen LogP contribution in [0.25, 0.3) is 0 Å². The second-order valence-electron chi connectivity index (χ2n) is 6.60. The summed E-state index contributed by atoms with van der Waals surface area (Å²) in [5.41, 5.74) is 1.26. The highest BCUT2D eigenvalue weighted by Gasteiger charge is 2.25. The molecule has 0 spiro atoms. The quantitative estimate of drug-likeness (QED) is 0.889. The van der Waals surface area contributed by atoms with Crippen LogP contribution in [0.1, 0.15) is 60.9 Å². The molecule has 1 aromatic rings. The van der Waals surface area contributed by atoms with Crippen molar-refractivity contribution in [3.63, 3.8) is 0 Å². The van der Waals surface area contributed by atoms with Gasteiger partial charge in [0.05, 0.1) is 0 Å². The summed E-state index contributed by atoms with van der Waals surface area (Å²) in [6.45, 7) is 4.75. The van der Waals surface area contributed by atoms with Crippen molar-refractivity contribution in [3.8, 4) is 0 Å². The first-order valence-electron chi connectivity index (χ1n) is 8.48. The van der Waals surface area contributed by atoms with Gasteiger partial charge >= 0.3 is 0 Å². The fraction of sp³-hybridized carbons (Fsp3) is 0.611. The summed E-state index contributed by atoms with van der Waals surface area (Å²) in [5, 5.41) is 3.30. The second kappa shape index (κ2) is 8.11. The summed E-state index contributed by atoms with van der Waals surface area (Å²) >= 11 is 0. The van der Waals surface area contributed by atoms with Crippen LogP contribution in [0.2, 0.25) is 0 Å². The third kappa shape index (κ3) is 4.04. The predicted octanol–water partition coefficient (Wildman–Crippen LogP) is 3.73. The molecule has 2 aliphatic heterocycles. The number of rotatable bonds is 2. The summed E-state index contributed by atoms with van der Waals surface area (Å²) in [6.07, 6.45) is 5.20. The van der Waals surface area contributed by atoms with Crippen molar-refractivity contribution >= 4 is 18.3 Å². The summed E-state index contributed by atoms with van der Waals surface area (Å²) < 4.78 is 14.5. The Balaban J connectivity index is 0.00000192. The number of likely N-dealkylation sites (tertiary alicyclic amines) is 1. The molecular weight excluding hydrogens is 315 g/mol. The van der Waals surface area contributed by atoms with E-state index < -0.39 is 0 Å². The van der Waals surface area contributed by atoms with Crippen LogP contribution in [0.3, 0.4) is 0 Å². The second-order valence-corrected chi connectivity index (χ2v) is 6.60. The van der Waals surface area contributed by atoms with Crippen LogP contribution in [0, 0.1) is 5.82 Å². The topological polar surface area (TPSA) is 32.3 Å². The van der Waals surface area contributed by atoms with Crippen molar-refractivity contribution in [1.29, 1.82) is 0 Å². The largest absolute Gasteiger partial charge is 0.336 e. The minimum absolute atomic E-state index is 0. The summed E-state index contributed by atoms with van der Waals surface area (Å²) in [4.78, 5) is 14.5. The van der Waals surface area contributed by atoms with Crippen molar-refractivity contribution in [2.45, 2.75) is 51.0 Å². The van der Waals surface area contributed by atoms with E-state index in [4.69, 9.17) is 0 Å². The van der Waals surface area contributed by atoms with E-state index in [1.54, 1.807) is 0 Å². The first-order chi connectivity index (χ1) is 10.7. The number of benzene rings is 1. The van der Waals surface area contributed by atoms with E-state index in [0.717, 1.165) is 50.9 Å². The van der Waals surface area contributed by atoms with Crippen LogP contribution in [0.15, 0.2) is 18.2 Å². The number of hydrogen-bond acceptors (Lipinski definition) is 2. The predicted molar refractivity (Wildman–Crippen MR) is 92.8 cm³/mol. The molecule has 0 saturated carbocycles. The van der Waals surface area contributed by atoms with Gasteiger partial charge in [-0.1, -0.05) is 6.07 Å². The molecule has 23 heavy (non-hydrogen) atoms. The van der Waals surface area contributed by atoms with Crippen molar-refractivity contribution in [1.82, 2.24) is 10.2 Å². The molecule has 128 valence electrons. The van der Waals surface area contributed by atoms with E-state index in [9.17, 15) is 9.18 Å². The lowest BCUT2D eigenvalue weighted by Crippen LogP contribution is -2.42. The molecule has 0 bridgehead atoms. The van der Waals surface area contributed by atoms with Gasteiger partial charge in [-0.15, -0.1) is 12.4 Å². The fourth-order valence-electron chi connectivity index (χ4n) is 3.69. The Morgan fingerprint density at radius 1 is 1.22 bits per heavy atom. The van der Waals surface area contributed by atoms with Gasteiger partial charge in [0.15, 0.2) is 0 Å². The summed E-state index contributed by atoms with van der Waals surface area (Å²) in [5.74, 6) is 0.0321. The zero-order valence-corrected chi connectivity index (χ0v) is 14.5. The number of carbonyl (C=O) groups excluding carboxylic acids is 1. The van der Waals surface area contributed by atoms with Crippen LogP contribution < -0.4 is 5.32 Å². The maximum absolute atomic E-state index is 14.5. The Bertz CT molecular complexity index is 546. The molecule has 1 aromatic carbocycles. The van der Waals surface area contributed by atoms with Gasteiger partial charge in [0, 0.05) is 18.2 Å². The van der Waals surface area contributed by atoms with E-state index in [2.05, 4.69) is 12.2 Å². The number of amides is 1. The highest BCUT2D eigenvalue weighted by atomic mass is 35.5. The molecule has 1 N–H and O–H groups in total. The van der Waals surface area contributed by atoms with Gasteiger partial charge in [-0.25, -0.2) is 4.39 Å². The standard InChI is InChI=1S/C18H25FN2O.ClH/c1-13-4-2-3-11-21(13)18(22)15-5-6-16(17(19)12-15)14-7-9-20-10-8-14;/h5-6,12-14,20H,2-4,7-11H2,1H3;1H. The Morgan fingerprint density at radius 3 is 2.61 bits per heavy atom. The van der Waals surface area contributed by atoms with Gasteiger partial charge in [0.25, 0.3) is 5.91 Å². The Kier molecular flexibility index (Phi) is 6.42. The van der Waals surface area contributed by atoms with E-state index >= 15 is 0 Å². The van der Waals surface area contributed by atoms with Gasteiger partial charge in [0.2, 0.25) is 0 Å². The minimum Gasteiger partial charge on any atom is -0.336 e. The lowest BCUT2D eigenvalue weighted by atomic mass is 9.89. The molecule has 2 fully saturated rings. The number of carbonyl (C=O) groups is 1. The molecule has 1 unspecified atom stereocenters. The van der Waals surface area contributed by atoms with Crippen molar-refractivity contribution in [3.05, 3.63) is 35.1 Å². The lowest BCUT2D eigenvalue weighted by molar-refractivity contribution is 0.0635. The van der Waals surface area contributed by atoms with Gasteiger partial charge in [-0.05, 0) is 75.7 Å². The number of hydrogen-bond donors (Lipinski definition) is 1. The van der Waals surface area contributed by atoms with Crippen LogP contribution >= 0.6 is 12.4 Å². The molecule has 1 atom stereocenters. The van der Waals surface area contributed by atoms with Crippen molar-refractivity contribution in [2.75, 3.05) is 19.6 Å². The van der Waals surface area contributed by atoms with E-state index in [1.807, 2.05) is 17.0 Å². The first-order valence-corrected chi connectivity index (χ1v) is 8.48. The van der Waals surface area contributed by atoms with Gasteiger partial charge in [0.1, 0.15) is 5.82 Å². The molecule has 3 rings (SSSR count). The average Bonchev–Trinajstić information content (AvgIpc) is 2.55. The van der Waals surface area contributed by atoms with Crippen LogP contribution in [0.4, 0.5) is 4.39 Å². The van der Waals surface area contributed by atoms with Gasteiger partial charge in [-0.2, -0.15) is 0 Å². The van der Waals surface area contributed by atoms with E-state index in [1.165, 1.54) is 12.5 Å². The van der Waals surface area contributed by atoms with Gasteiger partial charge in [-0.3, -0.25) is 4.79 Å². The van der Waals surface area contributed by atoms with Crippen LogP contribution in [0.5, 0.6) is 0 Å². The fourth-order valence-corrected chi connectivity index (χ4v) is 3.69. The normalized spacial score (nSPS) is 22.5. The molecule has 3 nitrogen and oxygen atoms in total. The number of nitrogens with zero attached hydrogens (tertiary/aromatic N) is 1. The summed E-state index contributed by atoms with van der Waals surface area (Å²) in [7, 11) is 0. The Morgan fingerprint density at radius 2 is 1.96 bits per heavy atom. The number of nitrogens with one attached hydrogen (secondary N) is 1. The van der Waals surface area contributed by atoms with Gasteiger partial charge < -0.3 is 10.2 Å². The van der Waals surface area contributed by atoms with Crippen LogP contribution in [-0.4, -0.2) is 36.5 Å². The zero-order valence-electron chi connectivity index (χ0n) is 13.7. The number of piperidine rings is 2. The molecule has 0 radical (unpaired) electrons. The molecular formula is C18H26ClFN2O. The average molecular weight is 341 g/mol. The third-order valence-electron chi connectivity index (χ3n) is 5.09. The monoisotopic (exact) mass is 340 g/mol. The maximum Gasteiger partial charge on any atom is 0.254 e. The van der Waals surface area contributed by atoms with E-state index in [-0.39, 0.29) is 36.1 Å². The highest BCUT2D eigenvalue weighted by Crippen LogP contribution is 2.28. The Hall–Kier alpha value is -1.13. The molecule has 0 aliphatic carbocycles. The molecule has 2 saturated heterocycles. The minimum atomic E-state index is -0.220. The first kappa shape index (κ1) is 18.2.